The van der Waals surface area contributed by atoms with Crippen molar-refractivity contribution in [3.05, 3.63) is 59.2 Å². The van der Waals surface area contributed by atoms with Crippen molar-refractivity contribution >= 4 is 11.7 Å². The number of benzene rings is 1. The quantitative estimate of drug-likeness (QED) is 0.549. The Kier molecular flexibility index (Phi) is 6.08. The summed E-state index contributed by atoms with van der Waals surface area (Å²) in [4.78, 5) is 21.6. The number of anilines is 1. The predicted octanol–water partition coefficient (Wildman–Crippen LogP) is 1.46. The molecule has 2 fully saturated rings. The minimum absolute atomic E-state index is 0.0178. The van der Waals surface area contributed by atoms with E-state index in [0.29, 0.717) is 49.7 Å². The third-order valence-electron chi connectivity index (χ3n) is 7.31. The molecule has 2 atom stereocenters. The molecule has 6 rings (SSSR count). The number of piperidine rings is 1. The number of rotatable bonds is 4. The van der Waals surface area contributed by atoms with Crippen molar-refractivity contribution in [2.45, 2.75) is 25.1 Å². The second kappa shape index (κ2) is 9.55. The lowest BCUT2D eigenvalue weighted by atomic mass is 10.00. The van der Waals surface area contributed by atoms with E-state index in [0.717, 1.165) is 18.9 Å². The number of nitriles is 1. The van der Waals surface area contributed by atoms with Crippen LogP contribution in [0.5, 0.6) is 0 Å². The van der Waals surface area contributed by atoms with Crippen LogP contribution in [-0.2, 0) is 11.3 Å². The van der Waals surface area contributed by atoms with Gasteiger partial charge in [-0.25, -0.2) is 14.1 Å². The van der Waals surface area contributed by atoms with Crippen LogP contribution < -0.4 is 10.2 Å². The van der Waals surface area contributed by atoms with Crippen molar-refractivity contribution in [1.29, 1.82) is 5.26 Å². The van der Waals surface area contributed by atoms with Gasteiger partial charge in [0, 0.05) is 38.4 Å². The van der Waals surface area contributed by atoms with Crippen molar-refractivity contribution in [3.8, 4) is 23.0 Å². The molecule has 0 saturated carbocycles. The molecule has 2 saturated heterocycles. The first-order valence-corrected chi connectivity index (χ1v) is 12.4. The van der Waals surface area contributed by atoms with E-state index in [1.807, 2.05) is 12.1 Å². The van der Waals surface area contributed by atoms with Crippen LogP contribution in [-0.4, -0.2) is 82.2 Å². The van der Waals surface area contributed by atoms with Gasteiger partial charge in [-0.2, -0.15) is 10.4 Å². The molecule has 11 heteroatoms. The van der Waals surface area contributed by atoms with Gasteiger partial charge in [0.15, 0.2) is 5.82 Å². The Balaban J connectivity index is 1.36. The summed E-state index contributed by atoms with van der Waals surface area (Å²) in [6.07, 6.45) is 1.97. The number of aliphatic hydroxyl groups is 1. The smallest absolute Gasteiger partial charge is 0.255 e. The molecular weight excluding hydrogens is 477 g/mol. The van der Waals surface area contributed by atoms with Gasteiger partial charge in [-0.3, -0.25) is 9.69 Å². The molecule has 190 valence electrons. The summed E-state index contributed by atoms with van der Waals surface area (Å²) in [6, 6.07) is 9.80. The van der Waals surface area contributed by atoms with E-state index in [9.17, 15) is 19.6 Å². The lowest BCUT2D eigenvalue weighted by Crippen LogP contribution is -2.58. The molecule has 2 aromatic heterocycles. The molecule has 0 aliphatic carbocycles. The van der Waals surface area contributed by atoms with Gasteiger partial charge in [0.2, 0.25) is 0 Å². The topological polar surface area (TPSA) is 120 Å². The number of aliphatic hydroxyl groups excluding tert-OH is 1. The van der Waals surface area contributed by atoms with Crippen LogP contribution in [0.25, 0.3) is 16.9 Å². The third kappa shape index (κ3) is 4.23. The number of carbonyl (C=O) groups is 1. The molecule has 0 radical (unpaired) electrons. The van der Waals surface area contributed by atoms with Crippen molar-refractivity contribution in [3.63, 3.8) is 0 Å². The first kappa shape index (κ1) is 23.5. The minimum Gasteiger partial charge on any atom is -0.391 e. The van der Waals surface area contributed by atoms with Crippen LogP contribution in [0, 0.1) is 17.1 Å². The lowest BCUT2D eigenvalue weighted by molar-refractivity contribution is -0.0267. The Morgan fingerprint density at radius 2 is 2.03 bits per heavy atom. The van der Waals surface area contributed by atoms with E-state index in [2.05, 4.69) is 20.1 Å². The van der Waals surface area contributed by atoms with Gasteiger partial charge in [0.05, 0.1) is 71.7 Å². The molecule has 2 N–H and O–H groups in total. The summed E-state index contributed by atoms with van der Waals surface area (Å²) < 4.78 is 21.9. The molecule has 1 amide bonds. The maximum atomic E-state index is 14.8. The molecule has 5 heterocycles. The van der Waals surface area contributed by atoms with Gasteiger partial charge in [0.1, 0.15) is 5.82 Å². The van der Waals surface area contributed by atoms with Gasteiger partial charge in [-0.1, -0.05) is 6.07 Å². The molecular formula is C26H26FN7O3. The highest BCUT2D eigenvalue weighted by molar-refractivity contribution is 6.01. The number of halogens is 1. The number of amides is 1. The molecule has 3 aromatic rings. The Labute approximate surface area is 212 Å². The summed E-state index contributed by atoms with van der Waals surface area (Å²) in [5.74, 6) is -0.111. The molecule has 1 aromatic carbocycles. The molecule has 0 spiro atoms. The Morgan fingerprint density at radius 3 is 2.84 bits per heavy atom. The van der Waals surface area contributed by atoms with Crippen molar-refractivity contribution < 1.29 is 19.0 Å². The zero-order valence-electron chi connectivity index (χ0n) is 20.1. The summed E-state index contributed by atoms with van der Waals surface area (Å²) in [5, 5.41) is 27.8. The summed E-state index contributed by atoms with van der Waals surface area (Å²) in [6.45, 7) is 4.37. The number of pyridine rings is 1. The van der Waals surface area contributed by atoms with Crippen molar-refractivity contribution in [2.75, 3.05) is 44.3 Å². The zero-order valence-corrected chi connectivity index (χ0v) is 20.1. The average molecular weight is 504 g/mol. The fourth-order valence-electron chi connectivity index (χ4n) is 5.41. The van der Waals surface area contributed by atoms with Gasteiger partial charge in [-0.05, 0) is 24.6 Å². The number of nitrogens with one attached hydrogen (secondary N) is 1. The number of hydrogen-bond donors (Lipinski definition) is 2. The van der Waals surface area contributed by atoms with E-state index in [4.69, 9.17) is 9.84 Å². The fraction of sp³-hybridized carbons (Fsp3) is 0.385. The first-order chi connectivity index (χ1) is 18.0. The minimum atomic E-state index is -0.558. The highest BCUT2D eigenvalue weighted by atomic mass is 19.1. The largest absolute Gasteiger partial charge is 0.391 e. The summed E-state index contributed by atoms with van der Waals surface area (Å²) in [7, 11) is 0. The highest BCUT2D eigenvalue weighted by Gasteiger charge is 2.34. The number of morpholine rings is 1. The van der Waals surface area contributed by atoms with Crippen LogP contribution >= 0.6 is 0 Å². The Morgan fingerprint density at radius 1 is 1.19 bits per heavy atom. The average Bonchev–Trinajstić information content (AvgIpc) is 3.56. The number of fused-ring (bicyclic) bond motifs is 1. The maximum absolute atomic E-state index is 14.8. The lowest BCUT2D eigenvalue weighted by Gasteiger charge is -2.43. The first-order valence-electron chi connectivity index (χ1n) is 12.4. The van der Waals surface area contributed by atoms with Crippen LogP contribution in [0.4, 0.5) is 10.2 Å². The number of carbonyl (C=O) groups excluding carboxylic acids is 1. The Hall–Kier alpha value is -3.85. The predicted molar refractivity (Wildman–Crippen MR) is 132 cm³/mol. The van der Waals surface area contributed by atoms with Crippen LogP contribution in [0.3, 0.4) is 0 Å². The van der Waals surface area contributed by atoms with E-state index in [-0.39, 0.29) is 35.3 Å². The molecule has 1 unspecified atom stereocenters. The standard InChI is InChI=1S/C26H26FN7O3/c27-17-3-1-2-16(13-28)24(17)18-12-20(25-19(30-18)14-29-26(25)36)34-7-5-23(31-34)33-6-4-22(35)21(15-33)32-8-10-37-11-9-32/h1-3,5,7,12,21-22,35H,4,6,8-11,14-15H2,(H,29,36)/t21-,22?/m0/s1. The third-order valence-corrected chi connectivity index (χ3v) is 7.31. The van der Waals surface area contributed by atoms with E-state index >= 15 is 0 Å². The molecule has 0 bridgehead atoms. The number of nitrogens with zero attached hydrogens (tertiary/aromatic N) is 6. The van der Waals surface area contributed by atoms with Crippen LogP contribution in [0.15, 0.2) is 36.5 Å². The van der Waals surface area contributed by atoms with Crippen molar-refractivity contribution in [1.82, 2.24) is 25.0 Å². The molecule has 10 nitrogen and oxygen atoms in total. The number of ether oxygens (including phenoxy) is 1. The fourth-order valence-corrected chi connectivity index (χ4v) is 5.41. The molecule has 3 aliphatic heterocycles. The SMILES string of the molecule is N#Cc1cccc(F)c1-c1cc(-n2ccc(N3CCC(O)[C@@H](N4CCOCC4)C3)n2)c2c(n1)CNC2=O. The van der Waals surface area contributed by atoms with Crippen LogP contribution in [0.2, 0.25) is 0 Å². The number of hydrogen-bond acceptors (Lipinski definition) is 8. The van der Waals surface area contributed by atoms with Gasteiger partial charge in [0.25, 0.3) is 5.91 Å². The zero-order chi connectivity index (χ0) is 25.5. The summed E-state index contributed by atoms with van der Waals surface area (Å²) in [5.41, 5.74) is 1.86. The normalized spacial score (nSPS) is 22.0. The van der Waals surface area contributed by atoms with Crippen molar-refractivity contribution in [2.24, 2.45) is 0 Å². The monoisotopic (exact) mass is 503 g/mol. The second-order valence-corrected chi connectivity index (χ2v) is 9.44. The maximum Gasteiger partial charge on any atom is 0.255 e. The van der Waals surface area contributed by atoms with E-state index < -0.39 is 11.9 Å². The molecule has 37 heavy (non-hydrogen) atoms. The number of aromatic nitrogens is 3. The Bertz CT molecular complexity index is 1400. The van der Waals surface area contributed by atoms with E-state index in [1.165, 1.54) is 18.2 Å². The van der Waals surface area contributed by atoms with Gasteiger partial charge < -0.3 is 20.1 Å². The van der Waals surface area contributed by atoms with Gasteiger partial charge >= 0.3 is 0 Å². The molecule has 3 aliphatic rings. The van der Waals surface area contributed by atoms with E-state index in [1.54, 1.807) is 16.9 Å². The van der Waals surface area contributed by atoms with Crippen LogP contribution in [0.1, 0.15) is 28.0 Å². The highest BCUT2D eigenvalue weighted by Crippen LogP contribution is 2.32. The summed E-state index contributed by atoms with van der Waals surface area (Å²) >= 11 is 0. The second-order valence-electron chi connectivity index (χ2n) is 9.44. The van der Waals surface area contributed by atoms with Gasteiger partial charge in [-0.15, -0.1) is 0 Å².